The van der Waals surface area contributed by atoms with Crippen LogP contribution >= 0.6 is 0 Å². The van der Waals surface area contributed by atoms with Gasteiger partial charge >= 0.3 is 17.1 Å². The Morgan fingerprint density at radius 3 is 2.23 bits per heavy atom. The molecule has 0 aliphatic rings. The van der Waals surface area contributed by atoms with E-state index in [2.05, 4.69) is 56.1 Å². The zero-order chi connectivity index (χ0) is 9.03. The van der Waals surface area contributed by atoms with Gasteiger partial charge in [0.05, 0.1) is 8.07 Å². The van der Waals surface area contributed by atoms with E-state index in [1.807, 2.05) is 0 Å². The van der Waals surface area contributed by atoms with Crippen LogP contribution in [0.15, 0.2) is 36.9 Å². The molecule has 0 amide bonds. The van der Waals surface area contributed by atoms with Crippen LogP contribution in [0, 0.1) is 6.08 Å². The third-order valence-corrected chi connectivity index (χ3v) is 5.15. The van der Waals surface area contributed by atoms with Crippen molar-refractivity contribution >= 4 is 13.3 Å². The molecule has 74 valence electrons. The summed E-state index contributed by atoms with van der Waals surface area (Å²) in [4.78, 5) is 0. The van der Waals surface area contributed by atoms with E-state index in [-0.39, 0.29) is 17.1 Å². The number of hydrogen-bond donors (Lipinski definition) is 0. The van der Waals surface area contributed by atoms with E-state index >= 15 is 0 Å². The van der Waals surface area contributed by atoms with Crippen LogP contribution in [0.2, 0.25) is 19.1 Å². The maximum absolute atomic E-state index is 3.68. The molecule has 0 unspecified atom stereocenters. The second-order valence-electron chi connectivity index (χ2n) is 3.68. The van der Waals surface area contributed by atoms with E-state index in [1.165, 1.54) is 5.19 Å². The maximum Gasteiger partial charge on any atom is 1.00 e. The van der Waals surface area contributed by atoms with Gasteiger partial charge in [-0.25, -0.2) is 0 Å². The quantitative estimate of drug-likeness (QED) is 0.561. The van der Waals surface area contributed by atoms with Crippen LogP contribution in [0.5, 0.6) is 0 Å². The molecule has 1 rings (SSSR count). The van der Waals surface area contributed by atoms with Crippen LogP contribution in [0.1, 0.15) is 0 Å². The molecule has 0 bridgehead atoms. The average Bonchev–Trinajstić information content (AvgIpc) is 2.06. The molecular formula is C11H15CuSi. The molecule has 1 aromatic rings. The minimum Gasteiger partial charge on any atom is -0.506 e. The Morgan fingerprint density at radius 1 is 1.23 bits per heavy atom. The predicted molar refractivity (Wildman–Crippen MR) is 57.2 cm³/mol. The fraction of sp³-hybridized carbons (Fsp3) is 0.273. The van der Waals surface area contributed by atoms with Gasteiger partial charge in [0, 0.05) is 0 Å². The average molecular weight is 239 g/mol. The Kier molecular flexibility index (Phi) is 5.30. The minimum absolute atomic E-state index is 0. The summed E-state index contributed by atoms with van der Waals surface area (Å²) < 4.78 is 0. The van der Waals surface area contributed by atoms with Crippen molar-refractivity contribution in [1.82, 2.24) is 0 Å². The van der Waals surface area contributed by atoms with Gasteiger partial charge in [0.1, 0.15) is 0 Å². The molecule has 0 saturated carbocycles. The number of rotatable bonds is 3. The SMILES string of the molecule is C=[C-]C[Si](C)(C)c1ccccc1.[Cu+]. The van der Waals surface area contributed by atoms with Crippen molar-refractivity contribution in [2.45, 2.75) is 19.1 Å². The standard InChI is InChI=1S/C11H15Si.Cu/c1-4-10-12(2,3)11-8-6-5-7-9-11;/h5-9H,1,10H2,2-3H3;/q-1;+1. The summed E-state index contributed by atoms with van der Waals surface area (Å²) in [6.07, 6.45) is 3.02. The van der Waals surface area contributed by atoms with Crippen molar-refractivity contribution in [2.75, 3.05) is 0 Å². The van der Waals surface area contributed by atoms with E-state index in [0.717, 1.165) is 6.04 Å². The zero-order valence-corrected chi connectivity index (χ0v) is 10.0. The molecule has 0 fully saturated rings. The van der Waals surface area contributed by atoms with Gasteiger partial charge in [0.2, 0.25) is 0 Å². The van der Waals surface area contributed by atoms with Gasteiger partial charge in [0.25, 0.3) is 0 Å². The molecule has 0 heterocycles. The molecule has 0 aromatic heterocycles. The van der Waals surface area contributed by atoms with Crippen LogP contribution in [0.4, 0.5) is 0 Å². The van der Waals surface area contributed by atoms with Crippen LogP contribution in [0.25, 0.3) is 0 Å². The van der Waals surface area contributed by atoms with E-state index < -0.39 is 8.07 Å². The van der Waals surface area contributed by atoms with Gasteiger partial charge in [-0.15, -0.1) is 0 Å². The summed E-state index contributed by atoms with van der Waals surface area (Å²) in [6, 6.07) is 11.7. The molecule has 13 heavy (non-hydrogen) atoms. The first-order valence-corrected chi connectivity index (χ1v) is 7.43. The molecule has 0 aliphatic heterocycles. The van der Waals surface area contributed by atoms with Gasteiger partial charge in [-0.2, -0.15) is 6.04 Å². The van der Waals surface area contributed by atoms with Gasteiger partial charge in [-0.3, -0.25) is 6.58 Å². The maximum atomic E-state index is 3.68. The van der Waals surface area contributed by atoms with Crippen molar-refractivity contribution in [3.8, 4) is 0 Å². The van der Waals surface area contributed by atoms with Crippen LogP contribution in [-0.4, -0.2) is 8.07 Å². The fourth-order valence-electron chi connectivity index (χ4n) is 1.30. The third kappa shape index (κ3) is 3.51. The number of hydrogen-bond acceptors (Lipinski definition) is 0. The third-order valence-electron chi connectivity index (χ3n) is 2.12. The summed E-state index contributed by atoms with van der Waals surface area (Å²) in [5.41, 5.74) is 0. The van der Waals surface area contributed by atoms with Gasteiger partial charge < -0.3 is 6.08 Å². The first-order valence-electron chi connectivity index (χ1n) is 4.22. The summed E-state index contributed by atoms with van der Waals surface area (Å²) in [5, 5.41) is 1.49. The molecule has 0 spiro atoms. The van der Waals surface area contributed by atoms with Gasteiger partial charge in [0.15, 0.2) is 0 Å². The second-order valence-corrected chi connectivity index (χ2v) is 8.38. The Hall–Kier alpha value is -0.304. The van der Waals surface area contributed by atoms with Crippen molar-refractivity contribution in [3.05, 3.63) is 43.0 Å². The van der Waals surface area contributed by atoms with Crippen molar-refractivity contribution in [3.63, 3.8) is 0 Å². The first-order chi connectivity index (χ1) is 5.67. The van der Waals surface area contributed by atoms with E-state index in [1.54, 1.807) is 0 Å². The summed E-state index contributed by atoms with van der Waals surface area (Å²) in [5.74, 6) is 0. The van der Waals surface area contributed by atoms with E-state index in [9.17, 15) is 0 Å². The molecule has 0 aliphatic carbocycles. The van der Waals surface area contributed by atoms with E-state index in [0.29, 0.717) is 0 Å². The molecule has 0 radical (unpaired) electrons. The molecule has 2 heteroatoms. The Labute approximate surface area is 92.5 Å². The van der Waals surface area contributed by atoms with Crippen LogP contribution in [0.3, 0.4) is 0 Å². The predicted octanol–water partition coefficient (Wildman–Crippen LogP) is 2.59. The van der Waals surface area contributed by atoms with Crippen LogP contribution < -0.4 is 5.19 Å². The van der Waals surface area contributed by atoms with Crippen LogP contribution in [-0.2, 0) is 17.1 Å². The van der Waals surface area contributed by atoms with Gasteiger partial charge in [-0.05, 0) is 0 Å². The Bertz CT molecular complexity index is 254. The van der Waals surface area contributed by atoms with Gasteiger partial charge in [-0.1, -0.05) is 48.6 Å². The largest absolute Gasteiger partial charge is 1.00 e. The Balaban J connectivity index is 0.00000144. The minimum atomic E-state index is -1.25. The van der Waals surface area contributed by atoms with Crippen molar-refractivity contribution < 1.29 is 17.1 Å². The molecule has 1 aromatic carbocycles. The fourth-order valence-corrected chi connectivity index (χ4v) is 3.23. The Morgan fingerprint density at radius 2 is 1.77 bits per heavy atom. The summed E-state index contributed by atoms with van der Waals surface area (Å²) in [7, 11) is -1.25. The molecule has 0 atom stereocenters. The summed E-state index contributed by atoms with van der Waals surface area (Å²) in [6.45, 7) is 8.38. The monoisotopic (exact) mass is 238 g/mol. The van der Waals surface area contributed by atoms with Crippen molar-refractivity contribution in [1.29, 1.82) is 0 Å². The summed E-state index contributed by atoms with van der Waals surface area (Å²) >= 11 is 0. The molecular weight excluding hydrogens is 224 g/mol. The topological polar surface area (TPSA) is 0 Å². The van der Waals surface area contributed by atoms with Crippen molar-refractivity contribution in [2.24, 2.45) is 0 Å². The molecule has 0 N–H and O–H groups in total. The number of benzene rings is 1. The second kappa shape index (κ2) is 5.43. The first kappa shape index (κ1) is 12.7. The molecule has 0 saturated heterocycles. The number of allylic oxidation sites excluding steroid dienone is 1. The van der Waals surface area contributed by atoms with E-state index in [4.69, 9.17) is 0 Å². The smallest absolute Gasteiger partial charge is 0.506 e. The zero-order valence-electron chi connectivity index (χ0n) is 8.10. The normalized spacial score (nSPS) is 10.3. The molecule has 0 nitrogen and oxygen atoms in total.